The van der Waals surface area contributed by atoms with Crippen molar-refractivity contribution in [3.05, 3.63) is 59.5 Å². The second kappa shape index (κ2) is 9.74. The van der Waals surface area contributed by atoms with Gasteiger partial charge in [0.25, 0.3) is 5.91 Å². The third-order valence-electron chi connectivity index (χ3n) is 4.05. The summed E-state index contributed by atoms with van der Waals surface area (Å²) >= 11 is 5.89. The van der Waals surface area contributed by atoms with Gasteiger partial charge in [-0.2, -0.15) is 23.3 Å². The number of ether oxygens (including phenoxy) is 1. The molecule has 1 amide bonds. The van der Waals surface area contributed by atoms with Crippen LogP contribution in [0.25, 0.3) is 0 Å². The molecule has 2 aromatic heterocycles. The second-order valence-electron chi connectivity index (χ2n) is 6.49. The first-order valence-electron chi connectivity index (χ1n) is 9.11. The van der Waals surface area contributed by atoms with Gasteiger partial charge in [-0.05, 0) is 12.1 Å². The first kappa shape index (κ1) is 24.4. The van der Waals surface area contributed by atoms with Crippen molar-refractivity contribution in [2.45, 2.75) is 6.18 Å². The quantitative estimate of drug-likeness (QED) is 0.268. The number of rotatable bonds is 6. The highest BCUT2D eigenvalue weighted by atomic mass is 35.5. The molecule has 15 heteroatoms. The molecule has 0 aliphatic rings. The molecule has 34 heavy (non-hydrogen) atoms. The van der Waals surface area contributed by atoms with Gasteiger partial charge in [-0.3, -0.25) is 9.48 Å². The summed E-state index contributed by atoms with van der Waals surface area (Å²) in [5.41, 5.74) is 7.93. The van der Waals surface area contributed by atoms with E-state index >= 15 is 0 Å². The smallest absolute Gasteiger partial charge is 0.434 e. The van der Waals surface area contributed by atoms with Gasteiger partial charge in [0.1, 0.15) is 22.9 Å². The maximum absolute atomic E-state index is 14.5. The van der Waals surface area contributed by atoms with Gasteiger partial charge in [-0.15, -0.1) is 0 Å². The van der Waals surface area contributed by atoms with Gasteiger partial charge in [0, 0.05) is 25.0 Å². The molecule has 2 heterocycles. The van der Waals surface area contributed by atoms with E-state index in [1.807, 2.05) is 0 Å². The normalized spacial score (nSPS) is 12.5. The summed E-state index contributed by atoms with van der Waals surface area (Å²) in [4.78, 5) is 23.3. The van der Waals surface area contributed by atoms with Gasteiger partial charge in [0.05, 0.1) is 18.0 Å². The number of aromatic nitrogens is 4. The molecular weight excluding hydrogens is 484 g/mol. The Kier molecular flexibility index (Phi) is 7.00. The largest absolute Gasteiger partial charge is 0.434 e. The molecule has 0 saturated heterocycles. The zero-order valence-corrected chi connectivity index (χ0v) is 17.9. The lowest BCUT2D eigenvalue weighted by molar-refractivity contribution is -0.113. The Morgan fingerprint density at radius 1 is 1.32 bits per heavy atom. The van der Waals surface area contributed by atoms with Gasteiger partial charge in [-0.25, -0.2) is 14.4 Å². The maximum Gasteiger partial charge on any atom is 0.434 e. The minimum absolute atomic E-state index is 0.0922. The number of nitrogens with one attached hydrogen (secondary N) is 1. The summed E-state index contributed by atoms with van der Waals surface area (Å²) in [6.45, 7) is 0. The number of nitrogens with zero attached hydrogens (tertiary/aromatic N) is 5. The van der Waals surface area contributed by atoms with Gasteiger partial charge < -0.3 is 21.5 Å². The number of carbonyl (C=O) groups excluding carboxylic acids is 1. The third-order valence-corrected chi connectivity index (χ3v) is 4.40. The molecule has 0 aliphatic carbocycles. The molecule has 0 saturated carbocycles. The van der Waals surface area contributed by atoms with E-state index in [2.05, 4.69) is 25.4 Å². The van der Waals surface area contributed by atoms with Crippen molar-refractivity contribution in [1.82, 2.24) is 19.7 Å². The molecule has 3 aromatic rings. The Balaban J connectivity index is 1.83. The highest BCUT2D eigenvalue weighted by molar-refractivity contribution is 6.34. The van der Waals surface area contributed by atoms with Gasteiger partial charge in [-0.1, -0.05) is 11.6 Å². The summed E-state index contributed by atoms with van der Waals surface area (Å²) in [5.74, 6) is -2.92. The fourth-order valence-electron chi connectivity index (χ4n) is 2.54. The average molecular weight is 499 g/mol. The standard InChI is InChI=1S/C19H15ClF4N8O2/c1-32-7-10(6-29-32)30-15(19(22,23)24)11(5-25)17(33)31-9-2-3-13(12(21)4-9)34-18-14(20)16(26)27-8-28-18/h2-8H,25H2,1H3,(H,31,33)(H2,26,27,28). The lowest BCUT2D eigenvalue weighted by atomic mass is 10.1. The van der Waals surface area contributed by atoms with E-state index in [4.69, 9.17) is 27.8 Å². The SMILES string of the molecule is Cn1cc(N=C(C(=CN)C(=O)Nc2ccc(Oc3ncnc(N)c3Cl)c(F)c2)C(F)(F)F)cn1. The van der Waals surface area contributed by atoms with Crippen molar-refractivity contribution in [3.8, 4) is 11.6 Å². The average Bonchev–Trinajstić information content (AvgIpc) is 3.17. The Bertz CT molecular complexity index is 1290. The number of aryl methyl sites for hydroxylation is 1. The predicted octanol–water partition coefficient (Wildman–Crippen LogP) is 3.49. The molecule has 5 N–H and O–H groups in total. The number of halogens is 5. The van der Waals surface area contributed by atoms with Crippen LogP contribution in [0.1, 0.15) is 0 Å². The molecule has 0 radical (unpaired) electrons. The number of nitrogen functional groups attached to an aromatic ring is 1. The highest BCUT2D eigenvalue weighted by Gasteiger charge is 2.40. The number of anilines is 2. The van der Waals surface area contributed by atoms with Crippen molar-refractivity contribution < 1.29 is 27.1 Å². The number of hydrogen-bond acceptors (Lipinski definition) is 8. The van der Waals surface area contributed by atoms with Crippen molar-refractivity contribution >= 4 is 40.4 Å². The topological polar surface area (TPSA) is 146 Å². The molecule has 178 valence electrons. The number of nitrogens with two attached hydrogens (primary N) is 2. The molecule has 1 aromatic carbocycles. The molecule has 0 bridgehead atoms. The molecule has 0 fully saturated rings. The minimum Gasteiger partial charge on any atom is -0.434 e. The first-order valence-corrected chi connectivity index (χ1v) is 9.49. The predicted molar refractivity (Wildman–Crippen MR) is 115 cm³/mol. The van der Waals surface area contributed by atoms with Crippen LogP contribution in [0.4, 0.5) is 34.8 Å². The van der Waals surface area contributed by atoms with E-state index < -0.39 is 29.2 Å². The van der Waals surface area contributed by atoms with Crippen molar-refractivity contribution in [3.63, 3.8) is 0 Å². The monoisotopic (exact) mass is 498 g/mol. The zero-order chi connectivity index (χ0) is 25.0. The van der Waals surface area contributed by atoms with Crippen molar-refractivity contribution in [2.75, 3.05) is 11.1 Å². The van der Waals surface area contributed by atoms with Crippen LogP contribution in [0.5, 0.6) is 11.6 Å². The molecule has 10 nitrogen and oxygen atoms in total. The Morgan fingerprint density at radius 2 is 2.06 bits per heavy atom. The lowest BCUT2D eigenvalue weighted by Gasteiger charge is -2.14. The summed E-state index contributed by atoms with van der Waals surface area (Å²) < 4.78 is 61.7. The molecule has 0 spiro atoms. The number of alkyl halides is 3. The van der Waals surface area contributed by atoms with Gasteiger partial charge in [0.2, 0.25) is 5.88 Å². The number of amides is 1. The van der Waals surface area contributed by atoms with Crippen LogP contribution in [0.2, 0.25) is 5.02 Å². The molecule has 0 atom stereocenters. The summed E-state index contributed by atoms with van der Waals surface area (Å²) in [6, 6.07) is 3.08. The van der Waals surface area contributed by atoms with E-state index in [-0.39, 0.29) is 33.8 Å². The van der Waals surface area contributed by atoms with Crippen LogP contribution >= 0.6 is 11.6 Å². The summed E-state index contributed by atoms with van der Waals surface area (Å²) in [7, 11) is 1.48. The fourth-order valence-corrected chi connectivity index (χ4v) is 2.67. The van der Waals surface area contributed by atoms with Crippen molar-refractivity contribution in [2.24, 2.45) is 17.8 Å². The summed E-state index contributed by atoms with van der Waals surface area (Å²) in [5, 5.41) is 5.71. The molecule has 0 aliphatic heterocycles. The van der Waals surface area contributed by atoms with Crippen LogP contribution < -0.4 is 21.5 Å². The number of aliphatic imine (C=N–C) groups is 1. The maximum atomic E-state index is 14.5. The second-order valence-corrected chi connectivity index (χ2v) is 6.87. The van der Waals surface area contributed by atoms with E-state index in [1.165, 1.54) is 24.0 Å². The van der Waals surface area contributed by atoms with E-state index in [0.29, 0.717) is 6.20 Å². The number of carbonyl (C=O) groups is 1. The lowest BCUT2D eigenvalue weighted by Crippen LogP contribution is -2.32. The number of hydrogen-bond donors (Lipinski definition) is 3. The van der Waals surface area contributed by atoms with Crippen LogP contribution in [-0.4, -0.2) is 37.5 Å². The van der Waals surface area contributed by atoms with Gasteiger partial charge in [0.15, 0.2) is 17.3 Å². The zero-order valence-electron chi connectivity index (χ0n) is 17.1. The van der Waals surface area contributed by atoms with Crippen LogP contribution in [0.3, 0.4) is 0 Å². The van der Waals surface area contributed by atoms with Crippen LogP contribution in [-0.2, 0) is 11.8 Å². The minimum atomic E-state index is -5.03. The molecule has 0 unspecified atom stereocenters. The number of benzene rings is 1. The highest BCUT2D eigenvalue weighted by Crippen LogP contribution is 2.32. The van der Waals surface area contributed by atoms with E-state index in [9.17, 15) is 22.4 Å². The van der Waals surface area contributed by atoms with Gasteiger partial charge >= 0.3 is 6.18 Å². The van der Waals surface area contributed by atoms with E-state index in [0.717, 1.165) is 24.7 Å². The first-order chi connectivity index (χ1) is 16.0. The van der Waals surface area contributed by atoms with Crippen LogP contribution in [0.15, 0.2) is 53.7 Å². The Labute approximate surface area is 193 Å². The van der Waals surface area contributed by atoms with Crippen molar-refractivity contribution in [1.29, 1.82) is 0 Å². The van der Waals surface area contributed by atoms with E-state index in [1.54, 1.807) is 0 Å². The Morgan fingerprint density at radius 3 is 2.65 bits per heavy atom. The third kappa shape index (κ3) is 5.58. The molecular formula is C19H15ClF4N8O2. The fraction of sp³-hybridized carbons (Fsp3) is 0.105. The Hall–Kier alpha value is -4.20. The summed E-state index contributed by atoms with van der Waals surface area (Å²) in [6.07, 6.45) is -1.24. The molecule has 3 rings (SSSR count). The van der Waals surface area contributed by atoms with Crippen LogP contribution in [0, 0.1) is 5.82 Å².